The van der Waals surface area contributed by atoms with Gasteiger partial charge in [-0.2, -0.15) is 135 Å². The summed E-state index contributed by atoms with van der Waals surface area (Å²) in [6.07, 6.45) is -6.67. The molecule has 0 bridgehead atoms. The normalized spacial score (nSPS) is 28.8. The Hall–Kier alpha value is 1.65. The molecule has 48 heavy (non-hydrogen) atoms. The van der Waals surface area contributed by atoms with Gasteiger partial charge in [-0.25, -0.2) is 8.78 Å². The second-order valence-electron chi connectivity index (χ2n) is 10.0. The fourth-order valence-corrected chi connectivity index (χ4v) is 4.69. The molecule has 0 aromatic heterocycles. The molecule has 2 rings (SSSR count). The largest absolute Gasteiger partial charge is 0.457 e. The Labute approximate surface area is 357 Å². The highest BCUT2D eigenvalue weighted by molar-refractivity contribution is 7.60. The molecule has 0 aliphatic carbocycles. The molecule has 0 saturated carbocycles. The Morgan fingerprint density at radius 1 is 0.583 bits per heavy atom. The van der Waals surface area contributed by atoms with E-state index in [-0.39, 0.29) is 166 Å². The Bertz CT molecular complexity index is 787. The van der Waals surface area contributed by atoms with Crippen molar-refractivity contribution in [2.75, 3.05) is 0 Å². The maximum Gasteiger partial charge on any atom is 0.305 e. The first-order valence-electron chi connectivity index (χ1n) is 12.9. The fraction of sp³-hybridized carbons (Fsp3) is 0.889. The number of carbonyl (C=O) groups is 3. The van der Waals surface area contributed by atoms with Crippen molar-refractivity contribution in [3.63, 3.8) is 0 Å². The van der Waals surface area contributed by atoms with Crippen LogP contribution < -0.4 is 0 Å². The van der Waals surface area contributed by atoms with Gasteiger partial charge in [0.1, 0.15) is 12.3 Å². The summed E-state index contributed by atoms with van der Waals surface area (Å²) in [5, 5.41) is 9.75. The van der Waals surface area contributed by atoms with Crippen molar-refractivity contribution in [1.82, 2.24) is 0 Å². The summed E-state index contributed by atoms with van der Waals surface area (Å²) in [7, 11) is 0. The number of carbonyl (C=O) groups excluding carboxylic acids is 3. The molecule has 2 fully saturated rings. The lowest BCUT2D eigenvalue weighted by atomic mass is 9.81. The lowest BCUT2D eigenvalue weighted by Crippen LogP contribution is -2.54. The van der Waals surface area contributed by atoms with Gasteiger partial charge >= 0.3 is 17.9 Å². The number of rotatable bonds is 7. The van der Waals surface area contributed by atoms with Gasteiger partial charge in [-0.15, -0.1) is 0 Å². The van der Waals surface area contributed by atoms with Gasteiger partial charge in [0, 0.05) is 32.6 Å². The van der Waals surface area contributed by atoms with Gasteiger partial charge in [-0.3, -0.25) is 14.4 Å². The molecule has 1 N–H and O–H groups in total. The van der Waals surface area contributed by atoms with Crippen LogP contribution in [-0.4, -0.2) is 72.4 Å². The van der Waals surface area contributed by atoms with E-state index in [1.165, 1.54) is 20.8 Å². The third-order valence-electron chi connectivity index (χ3n) is 7.25. The number of hydrogen-bond donors (Lipinski definition) is 1. The molecule has 2 saturated heterocycles. The van der Waals surface area contributed by atoms with Crippen molar-refractivity contribution in [2.24, 2.45) is 23.7 Å². The SMILES string of the molecule is C.CC[C@H](F)C1OC(O)C(OC(C)=O)[C@@H](C)[C@@H]1C.CC[C@H](F)C1OC(OC(C)=O)C(OC(C)=O)[C@@H](C)[C@@H]1C.S.S.S.S.S.S.S.S.S.S. The van der Waals surface area contributed by atoms with Gasteiger partial charge in [0.05, 0.1) is 12.2 Å². The highest BCUT2D eigenvalue weighted by Gasteiger charge is 2.48. The molecule has 0 aromatic rings. The van der Waals surface area contributed by atoms with E-state index in [2.05, 4.69) is 0 Å². The molecule has 2 heterocycles. The van der Waals surface area contributed by atoms with Gasteiger partial charge in [0.15, 0.2) is 18.5 Å². The fourth-order valence-electron chi connectivity index (χ4n) is 4.69. The average molecular weight is 895 g/mol. The van der Waals surface area contributed by atoms with Gasteiger partial charge in [-0.05, 0) is 24.7 Å². The number of aliphatic hydroxyl groups is 1. The zero-order valence-corrected chi connectivity index (χ0v) is 38.3. The Morgan fingerprint density at radius 2 is 0.875 bits per heavy atom. The number of esters is 3. The summed E-state index contributed by atoms with van der Waals surface area (Å²) in [6, 6.07) is 0. The van der Waals surface area contributed by atoms with Crippen LogP contribution in [0.5, 0.6) is 0 Å². The summed E-state index contributed by atoms with van der Waals surface area (Å²) in [5.74, 6) is -2.09. The average Bonchev–Trinajstić information content (AvgIpc) is 2.82. The van der Waals surface area contributed by atoms with Gasteiger partial charge in [0.25, 0.3) is 0 Å². The first kappa shape index (κ1) is 78.7. The van der Waals surface area contributed by atoms with Crippen LogP contribution in [0.3, 0.4) is 0 Å². The van der Waals surface area contributed by atoms with Crippen LogP contribution in [0.4, 0.5) is 8.78 Å². The van der Waals surface area contributed by atoms with Crippen LogP contribution >= 0.6 is 135 Å². The van der Waals surface area contributed by atoms with Crippen LogP contribution in [0, 0.1) is 23.7 Å². The van der Waals surface area contributed by atoms with Crippen molar-refractivity contribution < 1.29 is 52.0 Å². The van der Waals surface area contributed by atoms with E-state index >= 15 is 0 Å². The second-order valence-corrected chi connectivity index (χ2v) is 10.0. The van der Waals surface area contributed by atoms with Crippen molar-refractivity contribution in [3.8, 4) is 0 Å². The maximum atomic E-state index is 14.0. The minimum absolute atomic E-state index is 0. The minimum Gasteiger partial charge on any atom is -0.457 e. The monoisotopic (exact) mass is 894 g/mol. The van der Waals surface area contributed by atoms with E-state index in [1.807, 2.05) is 27.7 Å². The minimum atomic E-state index is -1.25. The van der Waals surface area contributed by atoms with E-state index in [0.29, 0.717) is 12.8 Å². The second kappa shape index (κ2) is 38.4. The highest BCUT2D eigenvalue weighted by Crippen LogP contribution is 2.37. The van der Waals surface area contributed by atoms with E-state index in [4.69, 9.17) is 23.7 Å². The molecule has 2 aliphatic rings. The zero-order chi connectivity index (χ0) is 28.6. The maximum absolute atomic E-state index is 14.0. The van der Waals surface area contributed by atoms with Crippen LogP contribution in [0.2, 0.25) is 0 Å². The number of hydrogen-bond acceptors (Lipinski definition) is 9. The molecule has 2 aliphatic heterocycles. The molecule has 0 radical (unpaired) electrons. The van der Waals surface area contributed by atoms with Gasteiger partial charge < -0.3 is 28.8 Å². The summed E-state index contributed by atoms with van der Waals surface area (Å²) in [5.41, 5.74) is 0. The third kappa shape index (κ3) is 24.1. The van der Waals surface area contributed by atoms with Crippen LogP contribution in [0.25, 0.3) is 0 Å². The molecular weight excluding hydrogens is 827 g/mol. The van der Waals surface area contributed by atoms with E-state index in [1.54, 1.807) is 13.8 Å². The molecule has 0 amide bonds. The Balaban J connectivity index is -0.0000000519. The predicted octanol–water partition coefficient (Wildman–Crippen LogP) is 5.65. The molecule has 0 aromatic carbocycles. The molecule has 9 nitrogen and oxygen atoms in total. The Morgan fingerprint density at radius 3 is 1.19 bits per heavy atom. The lowest BCUT2D eigenvalue weighted by Gasteiger charge is -2.44. The van der Waals surface area contributed by atoms with E-state index in [9.17, 15) is 28.3 Å². The predicted molar refractivity (Wildman–Crippen MR) is 240 cm³/mol. The van der Waals surface area contributed by atoms with Crippen molar-refractivity contribution >= 4 is 153 Å². The van der Waals surface area contributed by atoms with Gasteiger partial charge in [0.2, 0.25) is 6.29 Å². The summed E-state index contributed by atoms with van der Waals surface area (Å²) in [4.78, 5) is 33.2. The number of halogens is 2. The topological polar surface area (TPSA) is 118 Å². The van der Waals surface area contributed by atoms with Crippen molar-refractivity contribution in [1.29, 1.82) is 0 Å². The molecule has 6 unspecified atom stereocenters. The molecular formula is C27H68F2O9S10. The third-order valence-corrected chi connectivity index (χ3v) is 7.25. The highest BCUT2D eigenvalue weighted by atomic mass is 32.1. The van der Waals surface area contributed by atoms with Crippen LogP contribution in [0.15, 0.2) is 0 Å². The number of ether oxygens (including phenoxy) is 5. The molecule has 0 spiro atoms. The smallest absolute Gasteiger partial charge is 0.305 e. The van der Waals surface area contributed by atoms with E-state index in [0.717, 1.165) is 0 Å². The molecule has 304 valence electrons. The van der Waals surface area contributed by atoms with E-state index < -0.39 is 67.2 Å². The molecule has 21 heteroatoms. The summed E-state index contributed by atoms with van der Waals surface area (Å²) < 4.78 is 53.7. The quantitative estimate of drug-likeness (QED) is 0.256. The van der Waals surface area contributed by atoms with Crippen LogP contribution in [0.1, 0.15) is 82.6 Å². The van der Waals surface area contributed by atoms with Crippen LogP contribution in [-0.2, 0) is 38.1 Å². The number of alkyl halides is 2. The van der Waals surface area contributed by atoms with Gasteiger partial charge in [-0.1, -0.05) is 49.0 Å². The first-order chi connectivity index (χ1) is 17.2. The summed E-state index contributed by atoms with van der Waals surface area (Å²) in [6.45, 7) is 14.6. The summed E-state index contributed by atoms with van der Waals surface area (Å²) >= 11 is 0. The lowest BCUT2D eigenvalue weighted by molar-refractivity contribution is -0.275. The molecule has 12 atom stereocenters. The standard InChI is InChI=1S/C14H23FO5.C12H21FO4.CH4.10H2S/c1-6-11(15)12-7(2)8(3)13(18-9(4)16)14(20-12)19-10(5)17;1-5-9(13)10-6(2)7(3)11(12(15)17-10)16-8(4)14;;;;;;;;;;;/h7-8,11-14H,6H2,1-5H3;6-7,9-12,15H,5H2,1-4H3;1H4;10*1H2/t7-,8-,11-,12?,13?,14?;6-,7-,9-,10?,11?,12?;;;;;;;;;;;/m00.........../s1. The first-order valence-corrected chi connectivity index (χ1v) is 12.9. The number of aliphatic hydroxyl groups excluding tert-OH is 1. The Kier molecular flexibility index (Phi) is 62.9. The van der Waals surface area contributed by atoms with Crippen molar-refractivity contribution in [3.05, 3.63) is 0 Å². The van der Waals surface area contributed by atoms with Crippen molar-refractivity contribution in [2.45, 2.75) is 132 Å². The zero-order valence-electron chi connectivity index (χ0n) is 28.3.